The maximum atomic E-state index is 11.6. The molecule has 0 heterocycles. The Bertz CT molecular complexity index is 432. The molecule has 0 saturated heterocycles. The van der Waals surface area contributed by atoms with Crippen molar-refractivity contribution in [1.82, 2.24) is 0 Å². The van der Waals surface area contributed by atoms with Gasteiger partial charge in [-0.15, -0.1) is 0 Å². The second kappa shape index (κ2) is 6.39. The first-order valence-corrected chi connectivity index (χ1v) is 6.11. The van der Waals surface area contributed by atoms with E-state index >= 15 is 0 Å². The molecule has 0 unspecified atom stereocenters. The molecule has 18 heavy (non-hydrogen) atoms. The third kappa shape index (κ3) is 4.37. The van der Waals surface area contributed by atoms with Gasteiger partial charge in [0.25, 0.3) is 5.91 Å². The van der Waals surface area contributed by atoms with Crippen LogP contribution in [-0.2, 0) is 14.3 Å². The highest BCUT2D eigenvalue weighted by molar-refractivity contribution is 9.10. The van der Waals surface area contributed by atoms with Crippen LogP contribution in [0.15, 0.2) is 28.7 Å². The Morgan fingerprint density at radius 1 is 1.17 bits per heavy atom. The van der Waals surface area contributed by atoms with Gasteiger partial charge < -0.3 is 15.2 Å². The average Bonchev–Trinajstić information content (AvgIpc) is 2.31. The van der Waals surface area contributed by atoms with Crippen LogP contribution < -0.4 is 10.5 Å². The highest BCUT2D eigenvalue weighted by Gasteiger charge is 2.21. The second-order valence-electron chi connectivity index (χ2n) is 3.70. The molecule has 0 bridgehead atoms. The van der Waals surface area contributed by atoms with Crippen LogP contribution in [0, 0.1) is 0 Å². The van der Waals surface area contributed by atoms with Crippen LogP contribution >= 0.6 is 15.9 Å². The Kier molecular flexibility index (Phi) is 5.15. The van der Waals surface area contributed by atoms with E-state index in [2.05, 4.69) is 15.9 Å². The minimum atomic E-state index is -0.964. The average molecular weight is 316 g/mol. The number of esters is 1. The van der Waals surface area contributed by atoms with Crippen LogP contribution in [0.4, 0.5) is 0 Å². The maximum absolute atomic E-state index is 11.6. The summed E-state index contributed by atoms with van der Waals surface area (Å²) in [7, 11) is 0. The normalized spacial score (nSPS) is 13.5. The zero-order chi connectivity index (χ0) is 13.7. The minimum absolute atomic E-state index is 0.536. The predicted molar refractivity (Wildman–Crippen MR) is 69.0 cm³/mol. The van der Waals surface area contributed by atoms with Crippen LogP contribution in [-0.4, -0.2) is 24.1 Å². The summed E-state index contributed by atoms with van der Waals surface area (Å²) in [6.45, 7) is 2.95. The van der Waals surface area contributed by atoms with Crippen molar-refractivity contribution in [3.05, 3.63) is 28.7 Å². The summed E-state index contributed by atoms with van der Waals surface area (Å²) in [5.74, 6) is -0.794. The number of hydrogen-bond acceptors (Lipinski definition) is 4. The van der Waals surface area contributed by atoms with Crippen LogP contribution in [0.1, 0.15) is 13.8 Å². The van der Waals surface area contributed by atoms with E-state index < -0.39 is 24.1 Å². The lowest BCUT2D eigenvalue weighted by Gasteiger charge is -2.16. The largest absolute Gasteiger partial charge is 0.479 e. The molecule has 0 aliphatic rings. The third-order valence-electron chi connectivity index (χ3n) is 2.15. The first-order chi connectivity index (χ1) is 8.40. The molecule has 1 amide bonds. The molecule has 0 aliphatic heterocycles. The van der Waals surface area contributed by atoms with Gasteiger partial charge in [-0.05, 0) is 38.1 Å². The molecule has 0 saturated carbocycles. The number of rotatable bonds is 5. The van der Waals surface area contributed by atoms with E-state index in [0.29, 0.717) is 5.75 Å². The topological polar surface area (TPSA) is 78.6 Å². The molecule has 1 rings (SSSR count). The van der Waals surface area contributed by atoms with Gasteiger partial charge in [0.05, 0.1) is 0 Å². The van der Waals surface area contributed by atoms with Crippen molar-refractivity contribution < 1.29 is 19.1 Å². The number of carbonyl (C=O) groups is 2. The molecule has 5 nitrogen and oxygen atoms in total. The van der Waals surface area contributed by atoms with E-state index in [1.807, 2.05) is 0 Å². The fourth-order valence-corrected chi connectivity index (χ4v) is 1.36. The Morgan fingerprint density at radius 3 is 2.22 bits per heavy atom. The lowest BCUT2D eigenvalue weighted by atomic mass is 10.3. The van der Waals surface area contributed by atoms with Crippen LogP contribution in [0.25, 0.3) is 0 Å². The van der Waals surface area contributed by atoms with E-state index in [1.165, 1.54) is 13.8 Å². The van der Waals surface area contributed by atoms with Crippen molar-refractivity contribution in [2.24, 2.45) is 5.73 Å². The standard InChI is InChI=1S/C12H14BrNO4/c1-7(11(14)15)18-12(16)8(2)17-10-5-3-9(13)4-6-10/h3-8H,1-2H3,(H2,14,15)/t7-,8-/m1/s1. The number of carbonyl (C=O) groups excluding carboxylic acids is 2. The molecule has 0 radical (unpaired) electrons. The highest BCUT2D eigenvalue weighted by Crippen LogP contribution is 2.17. The number of amides is 1. The number of halogens is 1. The molecule has 0 fully saturated rings. The molecule has 1 aromatic rings. The quantitative estimate of drug-likeness (QED) is 0.838. The first kappa shape index (κ1) is 14.5. The summed E-state index contributed by atoms with van der Waals surface area (Å²) in [5.41, 5.74) is 4.99. The Morgan fingerprint density at radius 2 is 1.72 bits per heavy atom. The summed E-state index contributed by atoms with van der Waals surface area (Å²) in [6.07, 6.45) is -1.78. The van der Waals surface area contributed by atoms with E-state index in [4.69, 9.17) is 15.2 Å². The Hall–Kier alpha value is -1.56. The zero-order valence-corrected chi connectivity index (χ0v) is 11.6. The predicted octanol–water partition coefficient (Wildman–Crippen LogP) is 1.63. The molecular formula is C12H14BrNO4. The van der Waals surface area contributed by atoms with Gasteiger partial charge in [0.15, 0.2) is 12.2 Å². The second-order valence-corrected chi connectivity index (χ2v) is 4.61. The molecule has 1 aromatic carbocycles. The minimum Gasteiger partial charge on any atom is -0.479 e. The molecule has 2 N–H and O–H groups in total. The fourth-order valence-electron chi connectivity index (χ4n) is 1.09. The summed E-state index contributed by atoms with van der Waals surface area (Å²) in [4.78, 5) is 22.3. The number of ether oxygens (including phenoxy) is 2. The van der Waals surface area contributed by atoms with E-state index in [0.717, 1.165) is 4.47 Å². The van der Waals surface area contributed by atoms with E-state index in [1.54, 1.807) is 24.3 Å². The van der Waals surface area contributed by atoms with Gasteiger partial charge in [-0.3, -0.25) is 4.79 Å². The number of nitrogens with two attached hydrogens (primary N) is 1. The van der Waals surface area contributed by atoms with Crippen molar-refractivity contribution in [2.45, 2.75) is 26.1 Å². The smallest absolute Gasteiger partial charge is 0.347 e. The number of benzene rings is 1. The molecule has 98 valence electrons. The van der Waals surface area contributed by atoms with Crippen molar-refractivity contribution in [1.29, 1.82) is 0 Å². The molecule has 0 spiro atoms. The van der Waals surface area contributed by atoms with Crippen molar-refractivity contribution >= 4 is 27.8 Å². The van der Waals surface area contributed by atoms with Crippen molar-refractivity contribution in [2.75, 3.05) is 0 Å². The monoisotopic (exact) mass is 315 g/mol. The number of hydrogen-bond donors (Lipinski definition) is 1. The maximum Gasteiger partial charge on any atom is 0.347 e. The van der Waals surface area contributed by atoms with Crippen molar-refractivity contribution in [3.63, 3.8) is 0 Å². The van der Waals surface area contributed by atoms with Crippen molar-refractivity contribution in [3.8, 4) is 5.75 Å². The van der Waals surface area contributed by atoms with Crippen LogP contribution in [0.2, 0.25) is 0 Å². The Labute approximate surface area is 113 Å². The Balaban J connectivity index is 2.54. The molecule has 0 aliphatic carbocycles. The lowest BCUT2D eigenvalue weighted by Crippen LogP contribution is -2.35. The first-order valence-electron chi connectivity index (χ1n) is 5.32. The summed E-state index contributed by atoms with van der Waals surface area (Å²) < 4.78 is 11.1. The summed E-state index contributed by atoms with van der Waals surface area (Å²) >= 11 is 3.29. The third-order valence-corrected chi connectivity index (χ3v) is 2.68. The summed E-state index contributed by atoms with van der Waals surface area (Å²) in [5, 5.41) is 0. The van der Waals surface area contributed by atoms with Gasteiger partial charge in [0, 0.05) is 4.47 Å². The fraction of sp³-hybridized carbons (Fsp3) is 0.333. The van der Waals surface area contributed by atoms with E-state index in [-0.39, 0.29) is 0 Å². The SMILES string of the molecule is C[C@@H](OC(=O)[C@@H](C)Oc1ccc(Br)cc1)C(N)=O. The van der Waals surface area contributed by atoms with Gasteiger partial charge in [-0.2, -0.15) is 0 Å². The van der Waals surface area contributed by atoms with E-state index in [9.17, 15) is 9.59 Å². The zero-order valence-electron chi connectivity index (χ0n) is 10.1. The lowest BCUT2D eigenvalue weighted by molar-refractivity contribution is -0.159. The van der Waals surface area contributed by atoms with Gasteiger partial charge in [-0.1, -0.05) is 15.9 Å². The highest BCUT2D eigenvalue weighted by atomic mass is 79.9. The molecule has 0 aromatic heterocycles. The van der Waals surface area contributed by atoms with Gasteiger partial charge in [-0.25, -0.2) is 4.79 Å². The van der Waals surface area contributed by atoms with Gasteiger partial charge in [0.1, 0.15) is 5.75 Å². The van der Waals surface area contributed by atoms with Crippen LogP contribution in [0.5, 0.6) is 5.75 Å². The molecular weight excluding hydrogens is 302 g/mol. The summed E-state index contributed by atoms with van der Waals surface area (Å²) in [6, 6.07) is 7.01. The molecule has 2 atom stereocenters. The molecule has 6 heteroatoms. The van der Waals surface area contributed by atoms with Gasteiger partial charge >= 0.3 is 5.97 Å². The van der Waals surface area contributed by atoms with Gasteiger partial charge in [0.2, 0.25) is 0 Å². The van der Waals surface area contributed by atoms with Crippen LogP contribution in [0.3, 0.4) is 0 Å². The number of primary amides is 1.